The Hall–Kier alpha value is -2.39. The van der Waals surface area contributed by atoms with Gasteiger partial charge in [-0.1, -0.05) is 17.3 Å². The molecule has 0 radical (unpaired) electrons. The molecular weight excluding hydrogens is 334 g/mol. The zero-order chi connectivity index (χ0) is 17.4. The number of benzene rings is 1. The van der Waals surface area contributed by atoms with Crippen LogP contribution in [0, 0.1) is 6.92 Å². The van der Waals surface area contributed by atoms with Crippen molar-refractivity contribution in [3.63, 3.8) is 0 Å². The van der Waals surface area contributed by atoms with E-state index in [0.717, 1.165) is 5.56 Å². The minimum absolute atomic E-state index is 0.0412. The molecule has 0 aliphatic heterocycles. The summed E-state index contributed by atoms with van der Waals surface area (Å²) >= 11 is 1.30. The predicted octanol–water partition coefficient (Wildman–Crippen LogP) is 1.85. The van der Waals surface area contributed by atoms with Gasteiger partial charge in [0.15, 0.2) is 5.82 Å². The second-order valence-corrected chi connectivity index (χ2v) is 5.85. The molecule has 0 saturated heterocycles. The summed E-state index contributed by atoms with van der Waals surface area (Å²) in [7, 11) is 0. The number of hydrogen-bond acceptors (Lipinski definition) is 7. The van der Waals surface area contributed by atoms with Crippen molar-refractivity contribution < 1.29 is 24.0 Å². The highest BCUT2D eigenvalue weighted by molar-refractivity contribution is 7.99. The van der Waals surface area contributed by atoms with E-state index in [1.807, 2.05) is 6.07 Å². The lowest BCUT2D eigenvalue weighted by atomic mass is 10.2. The van der Waals surface area contributed by atoms with E-state index in [2.05, 4.69) is 15.5 Å². The van der Waals surface area contributed by atoms with Crippen molar-refractivity contribution >= 4 is 29.3 Å². The smallest absolute Gasteiger partial charge is 0.313 e. The average molecular weight is 351 g/mol. The molecule has 1 aromatic heterocycles. The highest BCUT2D eigenvalue weighted by Gasteiger charge is 2.07. The number of carbonyl (C=O) groups is 2. The number of carbonyl (C=O) groups excluding carboxylic acids is 1. The van der Waals surface area contributed by atoms with E-state index >= 15 is 0 Å². The van der Waals surface area contributed by atoms with Gasteiger partial charge in [-0.2, -0.15) is 4.98 Å². The third-order valence-electron chi connectivity index (χ3n) is 2.73. The van der Waals surface area contributed by atoms with Crippen LogP contribution in [0.1, 0.15) is 17.3 Å². The highest BCUT2D eigenvalue weighted by atomic mass is 32.2. The van der Waals surface area contributed by atoms with Crippen LogP contribution in [0.25, 0.3) is 0 Å². The number of carboxylic acid groups (broad SMARTS) is 1. The minimum atomic E-state index is -0.849. The second-order valence-electron chi connectivity index (χ2n) is 4.86. The van der Waals surface area contributed by atoms with Gasteiger partial charge in [0.1, 0.15) is 13.2 Å². The number of ether oxygens (including phenoxy) is 1. The fourth-order valence-corrected chi connectivity index (χ4v) is 2.51. The maximum atomic E-state index is 11.8. The van der Waals surface area contributed by atoms with E-state index in [1.165, 1.54) is 11.8 Å². The number of hydrogen-bond donors (Lipinski definition) is 2. The van der Waals surface area contributed by atoms with Crippen molar-refractivity contribution in [3.05, 3.63) is 41.5 Å². The molecule has 0 fully saturated rings. The maximum Gasteiger partial charge on any atom is 0.313 e. The zero-order valence-corrected chi connectivity index (χ0v) is 13.8. The molecule has 0 unspecified atom stereocenters. The molecule has 0 bridgehead atoms. The fourth-order valence-electron chi connectivity index (χ4n) is 1.82. The SMILES string of the molecule is Cc1noc(COCC(=O)Nc2cccc(CSCC(=O)O)c2)n1. The van der Waals surface area contributed by atoms with E-state index in [9.17, 15) is 9.59 Å². The van der Waals surface area contributed by atoms with Crippen LogP contribution < -0.4 is 5.32 Å². The summed E-state index contributed by atoms with van der Waals surface area (Å²) in [6, 6.07) is 7.23. The third-order valence-corrected chi connectivity index (χ3v) is 3.72. The Balaban J connectivity index is 1.75. The first-order valence-corrected chi connectivity index (χ1v) is 8.23. The lowest BCUT2D eigenvalue weighted by molar-refractivity contribution is -0.133. The maximum absolute atomic E-state index is 11.8. The largest absolute Gasteiger partial charge is 0.481 e. The van der Waals surface area contributed by atoms with Crippen LogP contribution in [0.3, 0.4) is 0 Å². The molecule has 1 amide bonds. The van der Waals surface area contributed by atoms with Crippen LogP contribution in [0.5, 0.6) is 0 Å². The molecule has 0 aliphatic carbocycles. The summed E-state index contributed by atoms with van der Waals surface area (Å²) in [5.41, 5.74) is 1.56. The van der Waals surface area contributed by atoms with Gasteiger partial charge < -0.3 is 19.7 Å². The van der Waals surface area contributed by atoms with Gasteiger partial charge in [0.2, 0.25) is 5.91 Å². The Labute approximate surface area is 142 Å². The molecule has 0 atom stereocenters. The molecule has 24 heavy (non-hydrogen) atoms. The van der Waals surface area contributed by atoms with Crippen LogP contribution in [0.2, 0.25) is 0 Å². The Bertz CT molecular complexity index is 704. The number of aryl methyl sites for hydroxylation is 1. The Morgan fingerprint density at radius 1 is 1.42 bits per heavy atom. The standard InChI is InChI=1S/C15H17N3O5S/c1-10-16-14(23-18-10)7-22-6-13(19)17-12-4-2-3-11(5-12)8-24-9-15(20)21/h2-5H,6-9H2,1H3,(H,17,19)(H,20,21). The van der Waals surface area contributed by atoms with Crippen LogP contribution in [0.4, 0.5) is 5.69 Å². The Morgan fingerprint density at radius 3 is 2.96 bits per heavy atom. The van der Waals surface area contributed by atoms with E-state index in [0.29, 0.717) is 23.2 Å². The number of aromatic nitrogens is 2. The van der Waals surface area contributed by atoms with Gasteiger partial charge in [-0.15, -0.1) is 11.8 Å². The van der Waals surface area contributed by atoms with Gasteiger partial charge in [-0.3, -0.25) is 9.59 Å². The van der Waals surface area contributed by atoms with Crippen molar-refractivity contribution in [2.45, 2.75) is 19.3 Å². The molecule has 1 heterocycles. The molecule has 0 saturated carbocycles. The first-order chi connectivity index (χ1) is 11.5. The zero-order valence-electron chi connectivity index (χ0n) is 13.0. The second kappa shape index (κ2) is 9.04. The van der Waals surface area contributed by atoms with Gasteiger partial charge in [0.05, 0.1) is 5.75 Å². The molecule has 0 aliphatic rings. The first kappa shape index (κ1) is 18.0. The number of aliphatic carboxylic acids is 1. The van der Waals surface area contributed by atoms with Crippen LogP contribution in [-0.2, 0) is 26.7 Å². The normalized spacial score (nSPS) is 10.5. The number of rotatable bonds is 9. The Kier molecular flexibility index (Phi) is 6.76. The molecule has 0 spiro atoms. The van der Waals surface area contributed by atoms with Gasteiger partial charge in [-0.05, 0) is 24.6 Å². The molecule has 2 rings (SSSR count). The molecule has 128 valence electrons. The van der Waals surface area contributed by atoms with Crippen molar-refractivity contribution in [1.82, 2.24) is 10.1 Å². The van der Waals surface area contributed by atoms with E-state index in [1.54, 1.807) is 25.1 Å². The number of amides is 1. The van der Waals surface area contributed by atoms with Crippen molar-refractivity contribution in [1.29, 1.82) is 0 Å². The van der Waals surface area contributed by atoms with Crippen LogP contribution in [-0.4, -0.2) is 39.5 Å². The summed E-state index contributed by atoms with van der Waals surface area (Å²) in [5.74, 6) is 0.274. The van der Waals surface area contributed by atoms with Crippen molar-refractivity contribution in [2.75, 3.05) is 17.7 Å². The molecular formula is C15H17N3O5S. The number of nitrogens with zero attached hydrogens (tertiary/aromatic N) is 2. The molecule has 1 aromatic carbocycles. The predicted molar refractivity (Wildman–Crippen MR) is 87.6 cm³/mol. The van der Waals surface area contributed by atoms with Gasteiger partial charge in [-0.25, -0.2) is 0 Å². The van der Waals surface area contributed by atoms with Gasteiger partial charge in [0.25, 0.3) is 5.89 Å². The molecule has 8 nitrogen and oxygen atoms in total. The summed E-state index contributed by atoms with van der Waals surface area (Å²) < 4.78 is 10.1. The number of carboxylic acids is 1. The molecule has 9 heteroatoms. The highest BCUT2D eigenvalue weighted by Crippen LogP contribution is 2.16. The average Bonchev–Trinajstić information content (AvgIpc) is 2.93. The Morgan fingerprint density at radius 2 is 2.25 bits per heavy atom. The lowest BCUT2D eigenvalue weighted by Gasteiger charge is -2.07. The first-order valence-electron chi connectivity index (χ1n) is 7.08. The van der Waals surface area contributed by atoms with E-state index < -0.39 is 5.97 Å². The van der Waals surface area contributed by atoms with E-state index in [4.69, 9.17) is 14.4 Å². The van der Waals surface area contributed by atoms with Gasteiger partial charge >= 0.3 is 5.97 Å². The van der Waals surface area contributed by atoms with Crippen molar-refractivity contribution in [2.24, 2.45) is 0 Å². The van der Waals surface area contributed by atoms with Crippen LogP contribution >= 0.6 is 11.8 Å². The lowest BCUT2D eigenvalue weighted by Crippen LogP contribution is -2.18. The number of nitrogens with one attached hydrogen (secondary N) is 1. The summed E-state index contributed by atoms with van der Waals surface area (Å²) in [6.45, 7) is 1.63. The quantitative estimate of drug-likeness (QED) is 0.703. The van der Waals surface area contributed by atoms with Crippen molar-refractivity contribution in [3.8, 4) is 0 Å². The monoisotopic (exact) mass is 351 g/mol. The summed E-state index contributed by atoms with van der Waals surface area (Å²) in [6.07, 6.45) is 0. The summed E-state index contributed by atoms with van der Waals surface area (Å²) in [4.78, 5) is 26.3. The van der Waals surface area contributed by atoms with Gasteiger partial charge in [0, 0.05) is 11.4 Å². The fraction of sp³-hybridized carbons (Fsp3) is 0.333. The summed E-state index contributed by atoms with van der Waals surface area (Å²) in [5, 5.41) is 15.0. The molecule has 2 aromatic rings. The van der Waals surface area contributed by atoms with Crippen LogP contribution in [0.15, 0.2) is 28.8 Å². The minimum Gasteiger partial charge on any atom is -0.481 e. The third kappa shape index (κ3) is 6.39. The molecule has 2 N–H and O–H groups in total. The number of anilines is 1. The number of thioether (sulfide) groups is 1. The topological polar surface area (TPSA) is 115 Å². The van der Waals surface area contributed by atoms with E-state index in [-0.39, 0.29) is 24.9 Å².